The Morgan fingerprint density at radius 2 is 2.10 bits per heavy atom. The Morgan fingerprint density at radius 1 is 1.35 bits per heavy atom. The Morgan fingerprint density at radius 3 is 2.75 bits per heavy atom. The number of rotatable bonds is 5. The summed E-state index contributed by atoms with van der Waals surface area (Å²) < 4.78 is 4.99. The number of hydrogen-bond donors (Lipinski definition) is 2. The molecule has 2 N–H and O–H groups in total. The molecule has 0 radical (unpaired) electrons. The Hall–Kier alpha value is -2.41. The van der Waals surface area contributed by atoms with Crippen molar-refractivity contribution in [1.29, 1.82) is 0 Å². The zero-order valence-electron chi connectivity index (χ0n) is 10.6. The van der Waals surface area contributed by atoms with Crippen LogP contribution >= 0.6 is 11.3 Å². The molecular formula is C13H12N2O4S. The van der Waals surface area contributed by atoms with Gasteiger partial charge in [-0.25, -0.2) is 9.78 Å². The lowest BCUT2D eigenvalue weighted by atomic mass is 10.2. The lowest BCUT2D eigenvalue weighted by Gasteiger charge is -2.05. The molecule has 2 aromatic rings. The van der Waals surface area contributed by atoms with Crippen LogP contribution in [0.5, 0.6) is 5.88 Å². The smallest absolute Gasteiger partial charge is 0.345 e. The zero-order valence-corrected chi connectivity index (χ0v) is 11.4. The number of pyridine rings is 1. The molecule has 0 aliphatic carbocycles. The quantitative estimate of drug-likeness (QED) is 0.877. The minimum atomic E-state index is -1.03. The number of carboxylic acids is 1. The number of carbonyl (C=O) groups is 2. The van der Waals surface area contributed by atoms with Gasteiger partial charge in [0.25, 0.3) is 5.91 Å². The highest BCUT2D eigenvalue weighted by atomic mass is 32.1. The molecule has 0 atom stereocenters. The van der Waals surface area contributed by atoms with Crippen LogP contribution in [-0.4, -0.2) is 29.1 Å². The summed E-state index contributed by atoms with van der Waals surface area (Å²) in [5, 5.41) is 11.5. The fraction of sp³-hybridized carbons (Fsp3) is 0.154. The van der Waals surface area contributed by atoms with E-state index < -0.39 is 5.97 Å². The summed E-state index contributed by atoms with van der Waals surface area (Å²) in [6.45, 7) is 0.317. The van der Waals surface area contributed by atoms with Gasteiger partial charge < -0.3 is 15.2 Å². The van der Waals surface area contributed by atoms with Crippen LogP contribution in [-0.2, 0) is 6.54 Å². The van der Waals surface area contributed by atoms with Crippen molar-refractivity contribution >= 4 is 23.2 Å². The van der Waals surface area contributed by atoms with Crippen molar-refractivity contribution in [1.82, 2.24) is 10.3 Å². The van der Waals surface area contributed by atoms with E-state index >= 15 is 0 Å². The number of nitrogens with zero attached hydrogens (tertiary/aromatic N) is 1. The van der Waals surface area contributed by atoms with Crippen molar-refractivity contribution in [3.05, 3.63) is 45.8 Å². The molecule has 104 valence electrons. The molecule has 2 rings (SSSR count). The van der Waals surface area contributed by atoms with E-state index in [4.69, 9.17) is 9.84 Å². The number of thiophene rings is 1. The maximum atomic E-state index is 11.9. The summed E-state index contributed by atoms with van der Waals surface area (Å²) >= 11 is 0.943. The van der Waals surface area contributed by atoms with Crippen LogP contribution < -0.4 is 10.1 Å². The van der Waals surface area contributed by atoms with Crippen LogP contribution in [0.25, 0.3) is 0 Å². The average molecular weight is 292 g/mol. The number of carboxylic acid groups (broad SMARTS) is 1. The molecule has 0 spiro atoms. The number of nitrogens with one attached hydrogen (secondary N) is 1. The van der Waals surface area contributed by atoms with E-state index in [0.717, 1.165) is 16.9 Å². The van der Waals surface area contributed by atoms with Gasteiger partial charge in [-0.05, 0) is 23.8 Å². The van der Waals surface area contributed by atoms with Crippen molar-refractivity contribution in [2.24, 2.45) is 0 Å². The highest BCUT2D eigenvalue weighted by Crippen LogP contribution is 2.16. The fourth-order valence-corrected chi connectivity index (χ4v) is 2.28. The average Bonchev–Trinajstić information content (AvgIpc) is 2.95. The molecule has 0 saturated carbocycles. The van der Waals surface area contributed by atoms with Crippen molar-refractivity contribution in [3.8, 4) is 5.88 Å². The number of methoxy groups -OCH3 is 1. The van der Waals surface area contributed by atoms with E-state index in [-0.39, 0.29) is 10.8 Å². The summed E-state index contributed by atoms with van der Waals surface area (Å²) in [7, 11) is 1.52. The van der Waals surface area contributed by atoms with Gasteiger partial charge in [0, 0.05) is 18.8 Å². The van der Waals surface area contributed by atoms with Crippen molar-refractivity contribution in [2.75, 3.05) is 7.11 Å². The van der Waals surface area contributed by atoms with E-state index in [9.17, 15) is 9.59 Å². The third-order valence-corrected chi connectivity index (χ3v) is 3.57. The van der Waals surface area contributed by atoms with E-state index in [2.05, 4.69) is 10.3 Å². The van der Waals surface area contributed by atoms with Gasteiger partial charge in [0.15, 0.2) is 0 Å². The number of carbonyl (C=O) groups excluding carboxylic acids is 1. The van der Waals surface area contributed by atoms with Crippen LogP contribution in [0, 0.1) is 0 Å². The number of aromatic carboxylic acids is 1. The molecule has 0 aliphatic rings. The lowest BCUT2D eigenvalue weighted by Crippen LogP contribution is -2.21. The molecule has 6 nitrogen and oxygen atoms in total. The summed E-state index contributed by atoms with van der Waals surface area (Å²) in [5.41, 5.74) is 0.847. The van der Waals surface area contributed by atoms with Crippen molar-refractivity contribution in [3.63, 3.8) is 0 Å². The molecule has 0 aliphatic heterocycles. The second-order valence-corrected chi connectivity index (χ2v) is 4.94. The molecule has 0 saturated heterocycles. The van der Waals surface area contributed by atoms with Gasteiger partial charge in [-0.3, -0.25) is 4.79 Å². The van der Waals surface area contributed by atoms with Crippen LogP contribution in [0.4, 0.5) is 0 Å². The SMILES string of the molecule is COc1cc(CNC(=O)c2ccc(C(=O)O)s2)ccn1. The normalized spacial score (nSPS) is 10.1. The molecule has 2 aromatic heterocycles. The molecule has 0 aromatic carbocycles. The molecule has 0 fully saturated rings. The van der Waals surface area contributed by atoms with Crippen LogP contribution in [0.15, 0.2) is 30.5 Å². The molecule has 7 heteroatoms. The second kappa shape index (κ2) is 6.16. The fourth-order valence-electron chi connectivity index (χ4n) is 1.52. The number of ether oxygens (including phenoxy) is 1. The first kappa shape index (κ1) is 14.0. The maximum Gasteiger partial charge on any atom is 0.345 e. The number of aromatic nitrogens is 1. The first-order valence-corrected chi connectivity index (χ1v) is 6.52. The summed E-state index contributed by atoms with van der Waals surface area (Å²) in [6, 6.07) is 6.39. The third kappa shape index (κ3) is 3.33. The second-order valence-electron chi connectivity index (χ2n) is 3.86. The maximum absolute atomic E-state index is 11.9. The third-order valence-electron chi connectivity index (χ3n) is 2.50. The molecule has 0 unspecified atom stereocenters. The summed E-state index contributed by atoms with van der Waals surface area (Å²) in [4.78, 5) is 27.1. The Balaban J connectivity index is 1.98. The lowest BCUT2D eigenvalue weighted by molar-refractivity contribution is 0.0702. The first-order valence-electron chi connectivity index (χ1n) is 5.70. The molecular weight excluding hydrogens is 280 g/mol. The minimum Gasteiger partial charge on any atom is -0.481 e. The standard InChI is InChI=1S/C13H12N2O4S/c1-19-11-6-8(4-5-14-11)7-15-12(16)9-2-3-10(20-9)13(17)18/h2-6H,7H2,1H3,(H,15,16)(H,17,18). The van der Waals surface area contributed by atoms with Crippen LogP contribution in [0.1, 0.15) is 24.9 Å². The Bertz CT molecular complexity index is 639. The van der Waals surface area contributed by atoms with E-state index in [0.29, 0.717) is 17.3 Å². The molecule has 20 heavy (non-hydrogen) atoms. The zero-order chi connectivity index (χ0) is 14.5. The largest absolute Gasteiger partial charge is 0.481 e. The van der Waals surface area contributed by atoms with Crippen molar-refractivity contribution in [2.45, 2.75) is 6.54 Å². The van der Waals surface area contributed by atoms with Gasteiger partial charge >= 0.3 is 5.97 Å². The van der Waals surface area contributed by atoms with Crippen molar-refractivity contribution < 1.29 is 19.4 Å². The van der Waals surface area contributed by atoms with E-state index in [1.165, 1.54) is 19.2 Å². The van der Waals surface area contributed by atoms with E-state index in [1.54, 1.807) is 18.3 Å². The number of hydrogen-bond acceptors (Lipinski definition) is 5. The van der Waals surface area contributed by atoms with Gasteiger partial charge in [0.1, 0.15) is 4.88 Å². The first-order chi connectivity index (χ1) is 9.60. The Kier molecular flexibility index (Phi) is 4.31. The summed E-state index contributed by atoms with van der Waals surface area (Å²) in [5.74, 6) is -0.868. The molecule has 2 heterocycles. The highest BCUT2D eigenvalue weighted by molar-refractivity contribution is 7.15. The van der Waals surface area contributed by atoms with E-state index in [1.807, 2.05) is 0 Å². The summed E-state index contributed by atoms with van der Waals surface area (Å²) in [6.07, 6.45) is 1.59. The van der Waals surface area contributed by atoms with Gasteiger partial charge in [-0.2, -0.15) is 0 Å². The van der Waals surface area contributed by atoms with Gasteiger partial charge in [-0.1, -0.05) is 0 Å². The molecule has 1 amide bonds. The monoisotopic (exact) mass is 292 g/mol. The minimum absolute atomic E-state index is 0.140. The van der Waals surface area contributed by atoms with Gasteiger partial charge in [-0.15, -0.1) is 11.3 Å². The topological polar surface area (TPSA) is 88.5 Å². The van der Waals surface area contributed by atoms with Gasteiger partial charge in [0.05, 0.1) is 12.0 Å². The van der Waals surface area contributed by atoms with Crippen LogP contribution in [0.2, 0.25) is 0 Å². The Labute approximate surface area is 119 Å². The highest BCUT2D eigenvalue weighted by Gasteiger charge is 2.12. The predicted octanol–water partition coefficient (Wildman–Crippen LogP) is 1.78. The number of amides is 1. The van der Waals surface area contributed by atoms with Crippen LogP contribution in [0.3, 0.4) is 0 Å². The van der Waals surface area contributed by atoms with Gasteiger partial charge in [0.2, 0.25) is 5.88 Å². The predicted molar refractivity (Wildman–Crippen MR) is 73.2 cm³/mol. The molecule has 0 bridgehead atoms.